The molecule has 0 unspecified atom stereocenters. The fourth-order valence-electron chi connectivity index (χ4n) is 2.62. The number of halogens is 1. The number of ether oxygens (including phenoxy) is 2. The Hall–Kier alpha value is -0.930. The molecule has 0 bridgehead atoms. The number of aryl methyl sites for hydroxylation is 1. The van der Waals surface area contributed by atoms with Gasteiger partial charge >= 0.3 is 5.97 Å². The van der Waals surface area contributed by atoms with Crippen LogP contribution in [0.25, 0.3) is 10.2 Å². The highest BCUT2D eigenvalue weighted by molar-refractivity contribution is 7.99. The van der Waals surface area contributed by atoms with Gasteiger partial charge < -0.3 is 9.47 Å². The molecular weight excluding hydrogens is 382 g/mol. The third-order valence-corrected chi connectivity index (χ3v) is 6.20. The number of esters is 1. The molecule has 2 aromatic heterocycles. The molecule has 1 aliphatic heterocycles. The lowest BCUT2D eigenvalue weighted by molar-refractivity contribution is 0.0410. The molecule has 25 heavy (non-hydrogen) atoms. The van der Waals surface area contributed by atoms with Crippen LogP contribution in [0.1, 0.15) is 22.2 Å². The predicted molar refractivity (Wildman–Crippen MR) is 101 cm³/mol. The number of nitrogens with zero attached hydrogens (tertiary/aromatic N) is 3. The molecule has 0 radical (unpaired) electrons. The number of hydrogen-bond acceptors (Lipinski definition) is 8. The zero-order valence-electron chi connectivity index (χ0n) is 14.2. The highest BCUT2D eigenvalue weighted by Gasteiger charge is 2.21. The van der Waals surface area contributed by atoms with Gasteiger partial charge in [-0.3, -0.25) is 4.90 Å². The van der Waals surface area contributed by atoms with Gasteiger partial charge in [-0.2, -0.15) is 0 Å². The monoisotopic (exact) mass is 401 g/mol. The number of aromatic nitrogens is 2. The third-order valence-electron chi connectivity index (χ3n) is 3.93. The van der Waals surface area contributed by atoms with Crippen LogP contribution < -0.4 is 0 Å². The molecule has 136 valence electrons. The average molecular weight is 402 g/mol. The second-order valence-electron chi connectivity index (χ2n) is 5.56. The number of morpholine rings is 1. The summed E-state index contributed by atoms with van der Waals surface area (Å²) in [4.78, 5) is 24.7. The number of thiophene rings is 1. The van der Waals surface area contributed by atoms with Gasteiger partial charge in [0, 0.05) is 25.4 Å². The standard InChI is InChI=1S/C16H20ClN3O3S2/c1-3-23-15(21)12-10(2)11-13(17)18-16(19-14(11)25-12)24-9-6-20-4-7-22-8-5-20/h3-9H2,1-2H3. The van der Waals surface area contributed by atoms with E-state index >= 15 is 0 Å². The summed E-state index contributed by atoms with van der Waals surface area (Å²) >= 11 is 9.24. The van der Waals surface area contributed by atoms with E-state index in [4.69, 9.17) is 21.1 Å². The van der Waals surface area contributed by atoms with E-state index < -0.39 is 0 Å². The summed E-state index contributed by atoms with van der Waals surface area (Å²) in [6.07, 6.45) is 0. The third kappa shape index (κ3) is 4.43. The second-order valence-corrected chi connectivity index (χ2v) is 7.98. The molecule has 3 rings (SSSR count). The Morgan fingerprint density at radius 2 is 2.16 bits per heavy atom. The molecular formula is C16H20ClN3O3S2. The zero-order valence-corrected chi connectivity index (χ0v) is 16.6. The Morgan fingerprint density at radius 3 is 2.88 bits per heavy atom. The van der Waals surface area contributed by atoms with Crippen LogP contribution in [0.2, 0.25) is 5.15 Å². The molecule has 3 heterocycles. The van der Waals surface area contributed by atoms with Crippen LogP contribution in [0.5, 0.6) is 0 Å². The maximum absolute atomic E-state index is 12.1. The maximum atomic E-state index is 12.1. The van der Waals surface area contributed by atoms with Crippen molar-refractivity contribution in [2.75, 3.05) is 45.2 Å². The highest BCUT2D eigenvalue weighted by Crippen LogP contribution is 2.35. The van der Waals surface area contributed by atoms with Crippen LogP contribution in [0.4, 0.5) is 0 Å². The van der Waals surface area contributed by atoms with Gasteiger partial charge in [-0.1, -0.05) is 23.4 Å². The van der Waals surface area contributed by atoms with E-state index in [2.05, 4.69) is 14.9 Å². The Bertz CT molecular complexity index is 763. The topological polar surface area (TPSA) is 64.5 Å². The summed E-state index contributed by atoms with van der Waals surface area (Å²) in [5.74, 6) is 0.553. The molecule has 2 aromatic rings. The van der Waals surface area contributed by atoms with Crippen molar-refractivity contribution >= 4 is 50.9 Å². The molecule has 9 heteroatoms. The zero-order chi connectivity index (χ0) is 17.8. The van der Waals surface area contributed by atoms with Crippen molar-refractivity contribution in [3.05, 3.63) is 15.6 Å². The summed E-state index contributed by atoms with van der Waals surface area (Å²) < 4.78 is 10.5. The van der Waals surface area contributed by atoms with Gasteiger partial charge in [0.1, 0.15) is 14.9 Å². The van der Waals surface area contributed by atoms with Gasteiger partial charge in [0.25, 0.3) is 0 Å². The van der Waals surface area contributed by atoms with E-state index in [0.717, 1.165) is 54.4 Å². The van der Waals surface area contributed by atoms with E-state index in [9.17, 15) is 4.79 Å². The molecule has 0 aromatic carbocycles. The van der Waals surface area contributed by atoms with Crippen LogP contribution in [0, 0.1) is 6.92 Å². The molecule has 0 N–H and O–H groups in total. The van der Waals surface area contributed by atoms with Crippen LogP contribution >= 0.6 is 34.7 Å². The van der Waals surface area contributed by atoms with Gasteiger partial charge in [0.2, 0.25) is 0 Å². The van der Waals surface area contributed by atoms with Crippen molar-refractivity contribution in [2.24, 2.45) is 0 Å². The Balaban J connectivity index is 1.73. The van der Waals surface area contributed by atoms with E-state index in [1.54, 1.807) is 18.7 Å². The Labute approximate surface area is 159 Å². The fraction of sp³-hybridized carbons (Fsp3) is 0.562. The largest absolute Gasteiger partial charge is 0.462 e. The minimum atomic E-state index is -0.333. The molecule has 0 amide bonds. The predicted octanol–water partition coefficient (Wildman–Crippen LogP) is 3.25. The van der Waals surface area contributed by atoms with Crippen LogP contribution in [-0.4, -0.2) is 66.0 Å². The summed E-state index contributed by atoms with van der Waals surface area (Å²) in [7, 11) is 0. The van der Waals surface area contributed by atoms with E-state index in [-0.39, 0.29) is 5.97 Å². The summed E-state index contributed by atoms with van der Waals surface area (Å²) in [5, 5.41) is 1.78. The number of rotatable bonds is 6. The molecule has 1 saturated heterocycles. The second kappa shape index (κ2) is 8.64. The molecule has 1 fully saturated rings. The molecule has 6 nitrogen and oxygen atoms in total. The first kappa shape index (κ1) is 18.8. The van der Waals surface area contributed by atoms with Crippen LogP contribution in [-0.2, 0) is 9.47 Å². The molecule has 1 aliphatic rings. The fourth-order valence-corrected chi connectivity index (χ4v) is 5.01. The van der Waals surface area contributed by atoms with Gasteiger partial charge in [-0.25, -0.2) is 14.8 Å². The average Bonchev–Trinajstić information content (AvgIpc) is 2.93. The van der Waals surface area contributed by atoms with Crippen LogP contribution in [0.15, 0.2) is 5.16 Å². The van der Waals surface area contributed by atoms with Crippen molar-refractivity contribution in [3.8, 4) is 0 Å². The Morgan fingerprint density at radius 1 is 1.40 bits per heavy atom. The van der Waals surface area contributed by atoms with Crippen molar-refractivity contribution in [3.63, 3.8) is 0 Å². The maximum Gasteiger partial charge on any atom is 0.348 e. The first-order chi connectivity index (χ1) is 12.1. The lowest BCUT2D eigenvalue weighted by atomic mass is 10.2. The van der Waals surface area contributed by atoms with E-state index in [1.807, 2.05) is 6.92 Å². The van der Waals surface area contributed by atoms with Crippen molar-refractivity contribution in [2.45, 2.75) is 19.0 Å². The number of thioether (sulfide) groups is 1. The van der Waals surface area contributed by atoms with Gasteiger partial charge in [0.15, 0.2) is 5.16 Å². The summed E-state index contributed by atoms with van der Waals surface area (Å²) in [6.45, 7) is 8.47. The number of carbonyl (C=O) groups is 1. The molecule has 0 spiro atoms. The molecule has 0 aliphatic carbocycles. The number of fused-ring (bicyclic) bond motifs is 1. The first-order valence-electron chi connectivity index (χ1n) is 8.16. The van der Waals surface area contributed by atoms with Gasteiger partial charge in [0.05, 0.1) is 25.2 Å². The minimum absolute atomic E-state index is 0.333. The first-order valence-corrected chi connectivity index (χ1v) is 10.3. The smallest absolute Gasteiger partial charge is 0.348 e. The minimum Gasteiger partial charge on any atom is -0.462 e. The summed E-state index contributed by atoms with van der Waals surface area (Å²) in [6, 6.07) is 0. The van der Waals surface area contributed by atoms with E-state index in [0.29, 0.717) is 21.8 Å². The SMILES string of the molecule is CCOC(=O)c1sc2nc(SCCN3CCOCC3)nc(Cl)c2c1C. The lowest BCUT2D eigenvalue weighted by Crippen LogP contribution is -2.37. The number of carbonyl (C=O) groups excluding carboxylic acids is 1. The van der Waals surface area contributed by atoms with Crippen LogP contribution in [0.3, 0.4) is 0 Å². The Kier molecular flexibility index (Phi) is 6.51. The molecule has 0 saturated carbocycles. The molecule has 0 atom stereocenters. The quantitative estimate of drug-likeness (QED) is 0.318. The summed E-state index contributed by atoms with van der Waals surface area (Å²) in [5.41, 5.74) is 0.785. The van der Waals surface area contributed by atoms with Crippen molar-refractivity contribution in [1.82, 2.24) is 14.9 Å². The normalized spacial score (nSPS) is 15.6. The number of hydrogen-bond donors (Lipinski definition) is 0. The van der Waals surface area contributed by atoms with Gasteiger partial charge in [-0.15, -0.1) is 11.3 Å². The highest BCUT2D eigenvalue weighted by atomic mass is 35.5. The van der Waals surface area contributed by atoms with Crippen molar-refractivity contribution in [1.29, 1.82) is 0 Å². The van der Waals surface area contributed by atoms with E-state index in [1.165, 1.54) is 11.3 Å². The van der Waals surface area contributed by atoms with Gasteiger partial charge in [-0.05, 0) is 19.4 Å². The lowest BCUT2D eigenvalue weighted by Gasteiger charge is -2.26. The van der Waals surface area contributed by atoms with Crippen molar-refractivity contribution < 1.29 is 14.3 Å².